The fraction of sp³-hybridized carbons (Fsp3) is 0.444. The number of rotatable bonds is 7. The van der Waals surface area contributed by atoms with Gasteiger partial charge in [0.15, 0.2) is 0 Å². The number of benzene rings is 1. The molecule has 1 unspecified atom stereocenters. The van der Waals surface area contributed by atoms with Crippen LogP contribution >= 0.6 is 11.8 Å². The first-order chi connectivity index (χ1) is 11.4. The van der Waals surface area contributed by atoms with Crippen molar-refractivity contribution in [1.29, 1.82) is 0 Å². The van der Waals surface area contributed by atoms with Crippen LogP contribution in [0.2, 0.25) is 0 Å². The molecule has 1 heterocycles. The second kappa shape index (κ2) is 8.35. The van der Waals surface area contributed by atoms with Crippen LogP contribution < -0.4 is 0 Å². The highest BCUT2D eigenvalue weighted by Gasteiger charge is 2.17. The van der Waals surface area contributed by atoms with Crippen molar-refractivity contribution in [3.05, 3.63) is 46.8 Å². The zero-order chi connectivity index (χ0) is 17.7. The van der Waals surface area contributed by atoms with Gasteiger partial charge in [0.05, 0.1) is 17.4 Å². The first kappa shape index (κ1) is 18.5. The number of amides is 1. The zero-order valence-corrected chi connectivity index (χ0v) is 15.4. The van der Waals surface area contributed by atoms with E-state index in [0.29, 0.717) is 24.3 Å². The Hall–Kier alpha value is -1.79. The summed E-state index contributed by atoms with van der Waals surface area (Å²) in [4.78, 5) is 15.3. The van der Waals surface area contributed by atoms with Gasteiger partial charge in [0.2, 0.25) is 0 Å². The molecule has 0 fully saturated rings. The van der Waals surface area contributed by atoms with E-state index in [0.717, 1.165) is 21.9 Å². The Kier molecular flexibility index (Phi) is 6.45. The number of hydrogen-bond acceptors (Lipinski definition) is 5. The van der Waals surface area contributed by atoms with Crippen LogP contribution in [0, 0.1) is 13.8 Å². The molecular weight excluding hydrogens is 324 g/mol. The van der Waals surface area contributed by atoms with E-state index >= 15 is 0 Å². The van der Waals surface area contributed by atoms with Crippen molar-refractivity contribution in [3.8, 4) is 0 Å². The Morgan fingerprint density at radius 2 is 2.08 bits per heavy atom. The smallest absolute Gasteiger partial charge is 0.254 e. The number of aliphatic hydroxyl groups excluding tert-OH is 1. The maximum atomic E-state index is 12.7. The third-order valence-electron chi connectivity index (χ3n) is 3.90. The average Bonchev–Trinajstić information content (AvgIpc) is 2.88. The average molecular weight is 348 g/mol. The van der Waals surface area contributed by atoms with Gasteiger partial charge in [-0.1, -0.05) is 17.3 Å². The molecule has 0 radical (unpaired) electrons. The van der Waals surface area contributed by atoms with Crippen LogP contribution in [0.5, 0.6) is 0 Å². The van der Waals surface area contributed by atoms with Crippen LogP contribution in [-0.4, -0.2) is 40.8 Å². The van der Waals surface area contributed by atoms with E-state index in [1.54, 1.807) is 30.6 Å². The Bertz CT molecular complexity index is 678. The molecule has 1 aromatic heterocycles. The van der Waals surface area contributed by atoms with Gasteiger partial charge in [0, 0.05) is 29.8 Å². The number of thioether (sulfide) groups is 1. The molecule has 5 nitrogen and oxygen atoms in total. The van der Waals surface area contributed by atoms with Gasteiger partial charge in [0.1, 0.15) is 5.76 Å². The van der Waals surface area contributed by atoms with E-state index in [1.165, 1.54) is 0 Å². The minimum atomic E-state index is -0.413. The van der Waals surface area contributed by atoms with Crippen molar-refractivity contribution in [2.45, 2.75) is 43.9 Å². The van der Waals surface area contributed by atoms with Gasteiger partial charge in [-0.3, -0.25) is 4.79 Å². The number of nitrogens with zero attached hydrogens (tertiary/aromatic N) is 2. The van der Waals surface area contributed by atoms with Crippen molar-refractivity contribution in [3.63, 3.8) is 0 Å². The van der Waals surface area contributed by atoms with E-state index < -0.39 is 6.10 Å². The Morgan fingerprint density at radius 1 is 1.38 bits per heavy atom. The fourth-order valence-electron chi connectivity index (χ4n) is 2.31. The molecule has 2 aromatic rings. The van der Waals surface area contributed by atoms with Gasteiger partial charge < -0.3 is 14.5 Å². The minimum Gasteiger partial charge on any atom is -0.393 e. The van der Waals surface area contributed by atoms with E-state index in [9.17, 15) is 9.90 Å². The zero-order valence-electron chi connectivity index (χ0n) is 14.6. The summed E-state index contributed by atoms with van der Waals surface area (Å²) in [5, 5.41) is 13.4. The summed E-state index contributed by atoms with van der Waals surface area (Å²) >= 11 is 1.61. The molecule has 130 valence electrons. The highest BCUT2D eigenvalue weighted by Crippen LogP contribution is 2.29. The Morgan fingerprint density at radius 3 is 2.71 bits per heavy atom. The molecular formula is C18H24N2O3S. The molecule has 0 aliphatic carbocycles. The van der Waals surface area contributed by atoms with E-state index in [4.69, 9.17) is 4.52 Å². The lowest BCUT2D eigenvalue weighted by Crippen LogP contribution is -2.29. The lowest BCUT2D eigenvalue weighted by Gasteiger charge is -2.19. The summed E-state index contributed by atoms with van der Waals surface area (Å²) in [5.74, 6) is 1.50. The molecule has 0 aliphatic rings. The summed E-state index contributed by atoms with van der Waals surface area (Å²) in [5.41, 5.74) is 2.64. The lowest BCUT2D eigenvalue weighted by atomic mass is 10.2. The molecule has 0 bridgehead atoms. The number of aliphatic hydroxyl groups is 1. The van der Waals surface area contributed by atoms with Gasteiger partial charge in [-0.05, 0) is 39.3 Å². The van der Waals surface area contributed by atoms with Crippen molar-refractivity contribution >= 4 is 17.7 Å². The topological polar surface area (TPSA) is 66.6 Å². The highest BCUT2D eigenvalue weighted by atomic mass is 32.2. The second-order valence-corrected chi connectivity index (χ2v) is 6.97. The quantitative estimate of drug-likeness (QED) is 0.777. The molecule has 2 rings (SSSR count). The minimum absolute atomic E-state index is 0.0301. The molecule has 0 saturated carbocycles. The molecule has 1 atom stereocenters. The van der Waals surface area contributed by atoms with Crippen molar-refractivity contribution < 1.29 is 14.4 Å². The first-order valence-electron chi connectivity index (χ1n) is 7.97. The first-order valence-corrected chi connectivity index (χ1v) is 8.95. The molecule has 1 amide bonds. The molecule has 24 heavy (non-hydrogen) atoms. The predicted molar refractivity (Wildman–Crippen MR) is 95.2 cm³/mol. The SMILES string of the molecule is Cc1noc(C)c1CSc1ccccc1C(=O)N(C)CCC(C)O. The van der Waals surface area contributed by atoms with Crippen LogP contribution in [0.25, 0.3) is 0 Å². The fourth-order valence-corrected chi connectivity index (χ4v) is 3.51. The summed E-state index contributed by atoms with van der Waals surface area (Å²) in [6, 6.07) is 7.60. The number of aryl methyl sites for hydroxylation is 2. The number of carbonyl (C=O) groups excluding carboxylic acids is 1. The molecule has 0 spiro atoms. The molecule has 0 saturated heterocycles. The molecule has 0 aliphatic heterocycles. The summed E-state index contributed by atoms with van der Waals surface area (Å²) < 4.78 is 5.19. The number of carbonyl (C=O) groups is 1. The van der Waals surface area contributed by atoms with Gasteiger partial charge >= 0.3 is 0 Å². The van der Waals surface area contributed by atoms with E-state index in [-0.39, 0.29) is 5.91 Å². The van der Waals surface area contributed by atoms with Crippen LogP contribution in [-0.2, 0) is 5.75 Å². The molecule has 1 N–H and O–H groups in total. The summed E-state index contributed by atoms with van der Waals surface area (Å²) in [6.07, 6.45) is 0.154. The molecule has 1 aromatic carbocycles. The second-order valence-electron chi connectivity index (χ2n) is 5.95. The van der Waals surface area contributed by atoms with E-state index in [2.05, 4.69) is 5.16 Å². The van der Waals surface area contributed by atoms with Crippen LogP contribution in [0.15, 0.2) is 33.7 Å². The predicted octanol–water partition coefficient (Wildman–Crippen LogP) is 3.43. The van der Waals surface area contributed by atoms with Gasteiger partial charge in [-0.25, -0.2) is 0 Å². The Balaban J connectivity index is 2.11. The third kappa shape index (κ3) is 4.61. The van der Waals surface area contributed by atoms with Crippen LogP contribution in [0.3, 0.4) is 0 Å². The van der Waals surface area contributed by atoms with Crippen molar-refractivity contribution in [2.24, 2.45) is 0 Å². The monoisotopic (exact) mass is 348 g/mol. The molecule has 6 heteroatoms. The van der Waals surface area contributed by atoms with Gasteiger partial charge in [-0.2, -0.15) is 0 Å². The summed E-state index contributed by atoms with van der Waals surface area (Å²) in [6.45, 7) is 6.08. The van der Waals surface area contributed by atoms with E-state index in [1.807, 2.05) is 38.1 Å². The standard InChI is InChI=1S/C18H24N2O3S/c1-12(21)9-10-20(4)18(22)15-7-5-6-8-17(15)24-11-16-13(2)19-23-14(16)3/h5-8,12,21H,9-11H2,1-4H3. The van der Waals surface area contributed by atoms with Gasteiger partial charge in [0.25, 0.3) is 5.91 Å². The number of hydrogen-bond donors (Lipinski definition) is 1. The van der Waals surface area contributed by atoms with Crippen molar-refractivity contribution in [1.82, 2.24) is 10.1 Å². The maximum absolute atomic E-state index is 12.7. The summed E-state index contributed by atoms with van der Waals surface area (Å²) in [7, 11) is 1.76. The Labute approximate surface area is 147 Å². The largest absolute Gasteiger partial charge is 0.393 e. The van der Waals surface area contributed by atoms with Crippen molar-refractivity contribution in [2.75, 3.05) is 13.6 Å². The lowest BCUT2D eigenvalue weighted by molar-refractivity contribution is 0.0765. The highest BCUT2D eigenvalue weighted by molar-refractivity contribution is 7.98. The maximum Gasteiger partial charge on any atom is 0.254 e. The van der Waals surface area contributed by atoms with Gasteiger partial charge in [-0.15, -0.1) is 11.8 Å². The normalized spacial score (nSPS) is 12.2. The van der Waals surface area contributed by atoms with Crippen LogP contribution in [0.4, 0.5) is 0 Å². The number of aromatic nitrogens is 1. The third-order valence-corrected chi connectivity index (χ3v) is 5.00. The van der Waals surface area contributed by atoms with Crippen LogP contribution in [0.1, 0.15) is 40.7 Å².